The highest BCUT2D eigenvalue weighted by molar-refractivity contribution is 6.33. The van der Waals surface area contributed by atoms with Crippen LogP contribution >= 0.6 is 11.6 Å². The molecule has 0 fully saturated rings. The Morgan fingerprint density at radius 2 is 1.81 bits per heavy atom. The molecule has 0 saturated heterocycles. The van der Waals surface area contributed by atoms with Gasteiger partial charge in [-0.1, -0.05) is 41.4 Å². The molecule has 2 aromatic rings. The molecule has 1 atom stereocenters. The van der Waals surface area contributed by atoms with Gasteiger partial charge in [0.15, 0.2) is 0 Å². The third-order valence-corrected chi connectivity index (χ3v) is 4.23. The maximum atomic E-state index is 12.4. The minimum absolute atomic E-state index is 0.158. The van der Waals surface area contributed by atoms with Crippen LogP contribution in [0.15, 0.2) is 48.5 Å². The fourth-order valence-corrected chi connectivity index (χ4v) is 2.69. The minimum atomic E-state index is -0.767. The maximum Gasteiger partial charge on any atom is 0.251 e. The molecule has 3 amide bonds. The normalized spacial score (nSPS) is 11.4. The molecule has 0 aliphatic heterocycles. The number of anilines is 1. The highest BCUT2D eigenvalue weighted by atomic mass is 35.5. The van der Waals surface area contributed by atoms with Gasteiger partial charge in [0.25, 0.3) is 5.91 Å². The summed E-state index contributed by atoms with van der Waals surface area (Å²) in [4.78, 5) is 38.1. The molecule has 0 aromatic heterocycles. The predicted octanol–water partition coefficient (Wildman–Crippen LogP) is 2.86. The molecule has 1 unspecified atom stereocenters. The molecule has 2 N–H and O–H groups in total. The van der Waals surface area contributed by atoms with Crippen LogP contribution in [0.2, 0.25) is 5.02 Å². The lowest BCUT2D eigenvalue weighted by molar-refractivity contribution is -0.134. The molecule has 0 spiro atoms. The molecule has 142 valence electrons. The lowest BCUT2D eigenvalue weighted by atomic mass is 10.1. The Kier molecular flexibility index (Phi) is 6.96. The van der Waals surface area contributed by atoms with Crippen molar-refractivity contribution in [2.45, 2.75) is 19.9 Å². The SMILES string of the molecule is Cc1cccc(C(=O)NC(C)C(=O)N(C)CC(=O)Nc2ccccc2Cl)c1. The van der Waals surface area contributed by atoms with E-state index in [9.17, 15) is 14.4 Å². The van der Waals surface area contributed by atoms with Crippen molar-refractivity contribution in [3.63, 3.8) is 0 Å². The number of nitrogens with zero attached hydrogens (tertiary/aromatic N) is 1. The summed E-state index contributed by atoms with van der Waals surface area (Å²) in [5, 5.41) is 5.72. The number of carbonyl (C=O) groups is 3. The van der Waals surface area contributed by atoms with Gasteiger partial charge in [-0.25, -0.2) is 0 Å². The molecule has 2 rings (SSSR count). The molecule has 0 bridgehead atoms. The second-order valence-electron chi connectivity index (χ2n) is 6.29. The Balaban J connectivity index is 1.90. The van der Waals surface area contributed by atoms with Gasteiger partial charge < -0.3 is 15.5 Å². The van der Waals surface area contributed by atoms with Crippen LogP contribution in [0.3, 0.4) is 0 Å². The Morgan fingerprint density at radius 3 is 2.48 bits per heavy atom. The Hall–Kier alpha value is -2.86. The first-order valence-corrected chi connectivity index (χ1v) is 8.82. The maximum absolute atomic E-state index is 12.4. The van der Waals surface area contributed by atoms with Crippen LogP contribution in [0.1, 0.15) is 22.8 Å². The second kappa shape index (κ2) is 9.19. The van der Waals surface area contributed by atoms with Gasteiger partial charge in [-0.2, -0.15) is 0 Å². The van der Waals surface area contributed by atoms with Crippen molar-refractivity contribution in [1.82, 2.24) is 10.2 Å². The van der Waals surface area contributed by atoms with E-state index in [2.05, 4.69) is 10.6 Å². The van der Waals surface area contributed by atoms with Crippen molar-refractivity contribution in [2.75, 3.05) is 18.9 Å². The van der Waals surface area contributed by atoms with Gasteiger partial charge in [-0.3, -0.25) is 14.4 Å². The van der Waals surface area contributed by atoms with E-state index in [4.69, 9.17) is 11.6 Å². The van der Waals surface area contributed by atoms with Gasteiger partial charge in [0.05, 0.1) is 17.3 Å². The summed E-state index contributed by atoms with van der Waals surface area (Å²) < 4.78 is 0. The molecule has 0 aliphatic rings. The zero-order valence-electron chi connectivity index (χ0n) is 15.5. The smallest absolute Gasteiger partial charge is 0.251 e. The summed E-state index contributed by atoms with van der Waals surface area (Å²) in [5.41, 5.74) is 1.91. The van der Waals surface area contributed by atoms with E-state index < -0.39 is 6.04 Å². The van der Waals surface area contributed by atoms with E-state index in [-0.39, 0.29) is 24.3 Å². The van der Waals surface area contributed by atoms with Crippen molar-refractivity contribution >= 4 is 35.0 Å². The lowest BCUT2D eigenvalue weighted by Crippen LogP contribution is -2.47. The summed E-state index contributed by atoms with van der Waals surface area (Å²) in [6.45, 7) is 3.31. The summed E-state index contributed by atoms with van der Waals surface area (Å²) in [6.07, 6.45) is 0. The lowest BCUT2D eigenvalue weighted by Gasteiger charge is -2.22. The van der Waals surface area contributed by atoms with Gasteiger partial charge in [-0.15, -0.1) is 0 Å². The number of likely N-dealkylation sites (N-methyl/N-ethyl adjacent to an activating group) is 1. The molecular weight excluding hydrogens is 366 g/mol. The first kappa shape index (κ1) is 20.5. The van der Waals surface area contributed by atoms with Gasteiger partial charge in [-0.05, 0) is 38.1 Å². The third-order valence-electron chi connectivity index (χ3n) is 3.90. The third kappa shape index (κ3) is 5.82. The van der Waals surface area contributed by atoms with Gasteiger partial charge in [0.1, 0.15) is 6.04 Å². The zero-order valence-corrected chi connectivity index (χ0v) is 16.2. The summed E-state index contributed by atoms with van der Waals surface area (Å²) in [7, 11) is 1.50. The summed E-state index contributed by atoms with van der Waals surface area (Å²) in [6, 6.07) is 13.2. The van der Waals surface area contributed by atoms with Gasteiger partial charge >= 0.3 is 0 Å². The van der Waals surface area contributed by atoms with Crippen LogP contribution in [-0.4, -0.2) is 42.3 Å². The molecule has 6 nitrogen and oxygen atoms in total. The Labute approximate surface area is 163 Å². The van der Waals surface area contributed by atoms with Gasteiger partial charge in [0.2, 0.25) is 11.8 Å². The number of aryl methyl sites for hydroxylation is 1. The second-order valence-corrected chi connectivity index (χ2v) is 6.69. The first-order valence-electron chi connectivity index (χ1n) is 8.45. The summed E-state index contributed by atoms with van der Waals surface area (Å²) in [5.74, 6) is -1.09. The van der Waals surface area contributed by atoms with Gasteiger partial charge in [0, 0.05) is 12.6 Å². The molecule has 0 aliphatic carbocycles. The average molecular weight is 388 g/mol. The number of hydrogen-bond donors (Lipinski definition) is 2. The Bertz CT molecular complexity index is 854. The molecule has 0 radical (unpaired) electrons. The molecule has 27 heavy (non-hydrogen) atoms. The molecule has 0 saturated carbocycles. The van der Waals surface area contributed by atoms with E-state index in [1.54, 1.807) is 49.4 Å². The largest absolute Gasteiger partial charge is 0.341 e. The number of benzene rings is 2. The van der Waals surface area contributed by atoms with Crippen molar-refractivity contribution in [3.8, 4) is 0 Å². The predicted molar refractivity (Wildman–Crippen MR) is 106 cm³/mol. The Morgan fingerprint density at radius 1 is 1.11 bits per heavy atom. The molecule has 2 aromatic carbocycles. The van der Waals surface area contributed by atoms with Crippen LogP contribution in [-0.2, 0) is 9.59 Å². The zero-order chi connectivity index (χ0) is 20.0. The number of halogens is 1. The molecule has 0 heterocycles. The van der Waals surface area contributed by atoms with Crippen LogP contribution in [0.5, 0.6) is 0 Å². The number of carbonyl (C=O) groups excluding carboxylic acids is 3. The van der Waals surface area contributed by atoms with E-state index in [1.807, 2.05) is 13.0 Å². The number of para-hydroxylation sites is 1. The van der Waals surface area contributed by atoms with Crippen LogP contribution in [0.25, 0.3) is 0 Å². The van der Waals surface area contributed by atoms with E-state index in [0.717, 1.165) is 5.56 Å². The fraction of sp³-hybridized carbons (Fsp3) is 0.250. The summed E-state index contributed by atoms with van der Waals surface area (Å²) >= 11 is 6.00. The monoisotopic (exact) mass is 387 g/mol. The average Bonchev–Trinajstić information content (AvgIpc) is 2.62. The van der Waals surface area contributed by atoms with Crippen molar-refractivity contribution in [3.05, 3.63) is 64.7 Å². The molecule has 7 heteroatoms. The molecular formula is C20H22ClN3O3. The van der Waals surface area contributed by atoms with Crippen LogP contribution in [0, 0.1) is 6.92 Å². The van der Waals surface area contributed by atoms with E-state index >= 15 is 0 Å². The number of rotatable bonds is 6. The standard InChI is InChI=1S/C20H22ClN3O3/c1-13-7-6-8-15(11-13)19(26)22-14(2)20(27)24(3)12-18(25)23-17-10-5-4-9-16(17)21/h4-11,14H,12H2,1-3H3,(H,22,26)(H,23,25). The highest BCUT2D eigenvalue weighted by Gasteiger charge is 2.22. The minimum Gasteiger partial charge on any atom is -0.341 e. The first-order chi connectivity index (χ1) is 12.8. The number of nitrogens with one attached hydrogen (secondary N) is 2. The number of amides is 3. The highest BCUT2D eigenvalue weighted by Crippen LogP contribution is 2.20. The topological polar surface area (TPSA) is 78.5 Å². The number of hydrogen-bond acceptors (Lipinski definition) is 3. The van der Waals surface area contributed by atoms with Crippen molar-refractivity contribution < 1.29 is 14.4 Å². The van der Waals surface area contributed by atoms with Crippen molar-refractivity contribution in [2.24, 2.45) is 0 Å². The van der Waals surface area contributed by atoms with Crippen LogP contribution in [0.4, 0.5) is 5.69 Å². The quantitative estimate of drug-likeness (QED) is 0.800. The fourth-order valence-electron chi connectivity index (χ4n) is 2.50. The van der Waals surface area contributed by atoms with E-state index in [0.29, 0.717) is 16.3 Å². The van der Waals surface area contributed by atoms with E-state index in [1.165, 1.54) is 11.9 Å². The van der Waals surface area contributed by atoms with Crippen molar-refractivity contribution in [1.29, 1.82) is 0 Å². The van der Waals surface area contributed by atoms with Crippen LogP contribution < -0.4 is 10.6 Å².